The fourth-order valence-electron chi connectivity index (χ4n) is 3.91. The van der Waals surface area contributed by atoms with Crippen molar-refractivity contribution in [3.05, 3.63) is 60.0 Å². The van der Waals surface area contributed by atoms with E-state index in [2.05, 4.69) is 50.7 Å². The van der Waals surface area contributed by atoms with Gasteiger partial charge in [-0.1, -0.05) is 19.9 Å². The summed E-state index contributed by atoms with van der Waals surface area (Å²) in [5, 5.41) is 0. The lowest BCUT2D eigenvalue weighted by molar-refractivity contribution is 0.300. The minimum Gasteiger partial charge on any atom is -0.483 e. The summed E-state index contributed by atoms with van der Waals surface area (Å²) in [7, 11) is 0. The lowest BCUT2D eigenvalue weighted by Crippen LogP contribution is -2.47. The molecule has 5 rings (SSSR count). The van der Waals surface area contributed by atoms with Gasteiger partial charge in [0.2, 0.25) is 5.95 Å². The smallest absolute Gasteiger partial charge is 0.298 e. The quantitative estimate of drug-likeness (QED) is 0.476. The standard InChI is InChI=1S/C24H27N7O2/c1-16(2)17-5-6-20-19(14-17)29-24(33-20)31-12-10-30(11-13-31)22-21(4-3-8-26-22)32-15-18-7-9-27-23(25)28-18/h3-9,14,16H,10-13,15H2,1-2H3,(H2,25,27,28). The van der Waals surface area contributed by atoms with Crippen LogP contribution < -0.4 is 20.3 Å². The van der Waals surface area contributed by atoms with Crippen molar-refractivity contribution in [1.82, 2.24) is 19.9 Å². The van der Waals surface area contributed by atoms with Gasteiger partial charge in [0.15, 0.2) is 17.2 Å². The Balaban J connectivity index is 1.26. The molecule has 1 fully saturated rings. The molecule has 0 spiro atoms. The average molecular weight is 446 g/mol. The van der Waals surface area contributed by atoms with Crippen LogP contribution in [0.5, 0.6) is 5.75 Å². The lowest BCUT2D eigenvalue weighted by atomic mass is 10.0. The van der Waals surface area contributed by atoms with Crippen molar-refractivity contribution >= 4 is 28.9 Å². The number of benzene rings is 1. The van der Waals surface area contributed by atoms with Gasteiger partial charge in [0.25, 0.3) is 6.01 Å². The topological polar surface area (TPSA) is 106 Å². The molecule has 1 aromatic carbocycles. The Morgan fingerprint density at radius 1 is 1.00 bits per heavy atom. The van der Waals surface area contributed by atoms with Gasteiger partial charge in [-0.15, -0.1) is 0 Å². The zero-order valence-corrected chi connectivity index (χ0v) is 18.8. The molecule has 170 valence electrons. The zero-order valence-electron chi connectivity index (χ0n) is 18.8. The number of nitrogen functional groups attached to an aromatic ring is 1. The molecule has 4 heterocycles. The summed E-state index contributed by atoms with van der Waals surface area (Å²) in [6, 6.07) is 12.5. The van der Waals surface area contributed by atoms with Gasteiger partial charge in [-0.05, 0) is 41.8 Å². The van der Waals surface area contributed by atoms with Crippen LogP contribution in [0.15, 0.2) is 53.2 Å². The van der Waals surface area contributed by atoms with E-state index in [1.165, 1.54) is 5.56 Å². The molecule has 1 aliphatic heterocycles. The van der Waals surface area contributed by atoms with Gasteiger partial charge >= 0.3 is 0 Å². The van der Waals surface area contributed by atoms with Crippen molar-refractivity contribution in [3.63, 3.8) is 0 Å². The summed E-state index contributed by atoms with van der Waals surface area (Å²) < 4.78 is 12.1. The van der Waals surface area contributed by atoms with Crippen molar-refractivity contribution in [2.75, 3.05) is 41.7 Å². The van der Waals surface area contributed by atoms with Crippen LogP contribution in [0.25, 0.3) is 11.1 Å². The van der Waals surface area contributed by atoms with Crippen LogP contribution in [0.1, 0.15) is 31.0 Å². The predicted molar refractivity (Wildman–Crippen MR) is 128 cm³/mol. The highest BCUT2D eigenvalue weighted by molar-refractivity contribution is 5.75. The number of ether oxygens (including phenoxy) is 1. The van der Waals surface area contributed by atoms with Gasteiger partial charge in [0, 0.05) is 38.6 Å². The van der Waals surface area contributed by atoms with E-state index in [1.54, 1.807) is 18.5 Å². The van der Waals surface area contributed by atoms with Crippen LogP contribution in [0.2, 0.25) is 0 Å². The third-order valence-corrected chi connectivity index (χ3v) is 5.78. The number of piperazine rings is 1. The number of anilines is 3. The monoisotopic (exact) mass is 445 g/mol. The molecular formula is C24H27N7O2. The van der Waals surface area contributed by atoms with Crippen LogP contribution in [-0.2, 0) is 6.61 Å². The van der Waals surface area contributed by atoms with Crippen LogP contribution in [-0.4, -0.2) is 46.1 Å². The van der Waals surface area contributed by atoms with Crippen LogP contribution >= 0.6 is 0 Å². The second kappa shape index (κ2) is 8.93. The third-order valence-electron chi connectivity index (χ3n) is 5.78. The van der Waals surface area contributed by atoms with Gasteiger partial charge in [-0.25, -0.2) is 15.0 Å². The van der Waals surface area contributed by atoms with Crippen molar-refractivity contribution in [2.45, 2.75) is 26.4 Å². The zero-order chi connectivity index (χ0) is 22.8. The molecule has 9 nitrogen and oxygen atoms in total. The second-order valence-corrected chi connectivity index (χ2v) is 8.37. The Labute approximate surface area is 192 Å². The first kappa shape index (κ1) is 21.0. The van der Waals surface area contributed by atoms with E-state index in [4.69, 9.17) is 19.9 Å². The van der Waals surface area contributed by atoms with Gasteiger partial charge in [0.1, 0.15) is 12.1 Å². The first-order valence-corrected chi connectivity index (χ1v) is 11.1. The molecule has 4 aromatic rings. The number of aromatic nitrogens is 4. The molecule has 0 atom stereocenters. The highest BCUT2D eigenvalue weighted by Gasteiger charge is 2.24. The number of hydrogen-bond donors (Lipinski definition) is 1. The minimum atomic E-state index is 0.234. The molecule has 0 saturated carbocycles. The highest BCUT2D eigenvalue weighted by atomic mass is 16.5. The molecule has 0 unspecified atom stereocenters. The van der Waals surface area contributed by atoms with Crippen molar-refractivity contribution in [2.24, 2.45) is 0 Å². The highest BCUT2D eigenvalue weighted by Crippen LogP contribution is 2.29. The van der Waals surface area contributed by atoms with E-state index in [0.717, 1.165) is 48.8 Å². The van der Waals surface area contributed by atoms with E-state index < -0.39 is 0 Å². The summed E-state index contributed by atoms with van der Waals surface area (Å²) in [5.41, 5.74) is 9.38. The molecule has 0 amide bonds. The first-order valence-electron chi connectivity index (χ1n) is 11.1. The fourth-order valence-corrected chi connectivity index (χ4v) is 3.91. The van der Waals surface area contributed by atoms with Gasteiger partial charge < -0.3 is 24.7 Å². The Hall–Kier alpha value is -3.88. The Kier molecular flexibility index (Phi) is 5.68. The molecule has 3 aromatic heterocycles. The first-order chi connectivity index (χ1) is 16.1. The number of oxazole rings is 1. The molecule has 1 saturated heterocycles. The summed E-state index contributed by atoms with van der Waals surface area (Å²) in [4.78, 5) is 21.8. The number of pyridine rings is 1. The lowest BCUT2D eigenvalue weighted by Gasteiger charge is -2.35. The number of hydrogen-bond acceptors (Lipinski definition) is 9. The Morgan fingerprint density at radius 3 is 2.61 bits per heavy atom. The van der Waals surface area contributed by atoms with E-state index in [-0.39, 0.29) is 5.95 Å². The summed E-state index contributed by atoms with van der Waals surface area (Å²) in [6.45, 7) is 7.78. The number of fused-ring (bicyclic) bond motifs is 1. The summed E-state index contributed by atoms with van der Waals surface area (Å²) in [5.74, 6) is 2.22. The van der Waals surface area contributed by atoms with E-state index in [1.807, 2.05) is 18.2 Å². The Morgan fingerprint density at radius 2 is 1.82 bits per heavy atom. The van der Waals surface area contributed by atoms with E-state index >= 15 is 0 Å². The number of nitrogens with two attached hydrogens (primary N) is 1. The van der Waals surface area contributed by atoms with Crippen molar-refractivity contribution in [1.29, 1.82) is 0 Å². The molecule has 9 heteroatoms. The Bertz CT molecular complexity index is 1250. The minimum absolute atomic E-state index is 0.234. The van der Waals surface area contributed by atoms with E-state index in [9.17, 15) is 0 Å². The molecule has 0 radical (unpaired) electrons. The van der Waals surface area contributed by atoms with Crippen LogP contribution in [0.3, 0.4) is 0 Å². The SMILES string of the molecule is CC(C)c1ccc2oc(N3CCN(c4ncccc4OCc4ccnc(N)n4)CC3)nc2c1. The number of rotatable bonds is 6. The molecule has 0 aliphatic carbocycles. The molecule has 0 bridgehead atoms. The van der Waals surface area contributed by atoms with E-state index in [0.29, 0.717) is 24.3 Å². The second-order valence-electron chi connectivity index (χ2n) is 8.37. The predicted octanol–water partition coefficient (Wildman–Crippen LogP) is 3.62. The number of nitrogens with zero attached hydrogens (tertiary/aromatic N) is 6. The largest absolute Gasteiger partial charge is 0.483 e. The normalized spacial score (nSPS) is 14.3. The van der Waals surface area contributed by atoms with Gasteiger partial charge in [0.05, 0.1) is 5.69 Å². The molecule has 2 N–H and O–H groups in total. The van der Waals surface area contributed by atoms with Crippen LogP contribution in [0.4, 0.5) is 17.8 Å². The fraction of sp³-hybridized carbons (Fsp3) is 0.333. The molecule has 33 heavy (non-hydrogen) atoms. The third kappa shape index (κ3) is 4.52. The summed E-state index contributed by atoms with van der Waals surface area (Å²) >= 11 is 0. The average Bonchev–Trinajstić information content (AvgIpc) is 3.27. The maximum absolute atomic E-state index is 6.04. The van der Waals surface area contributed by atoms with Crippen molar-refractivity contribution in [3.8, 4) is 5.75 Å². The van der Waals surface area contributed by atoms with Crippen LogP contribution in [0, 0.1) is 0 Å². The van der Waals surface area contributed by atoms with Crippen molar-refractivity contribution < 1.29 is 9.15 Å². The maximum Gasteiger partial charge on any atom is 0.298 e. The maximum atomic E-state index is 6.04. The van der Waals surface area contributed by atoms with Gasteiger partial charge in [-0.2, -0.15) is 4.98 Å². The molecular weight excluding hydrogens is 418 g/mol. The molecule has 1 aliphatic rings. The summed E-state index contributed by atoms with van der Waals surface area (Å²) in [6.07, 6.45) is 3.41. The van der Waals surface area contributed by atoms with Gasteiger partial charge in [-0.3, -0.25) is 0 Å².